The molecule has 0 saturated carbocycles. The molecular weight excluding hydrogens is 314 g/mol. The zero-order valence-electron chi connectivity index (χ0n) is 10.8. The lowest BCUT2D eigenvalue weighted by atomic mass is 10.1. The number of carbonyl (C=O) groups is 2. The van der Waals surface area contributed by atoms with Crippen molar-refractivity contribution in [3.8, 4) is 5.75 Å². The molecule has 6 heteroatoms. The van der Waals surface area contributed by atoms with E-state index in [0.29, 0.717) is 35.2 Å². The van der Waals surface area contributed by atoms with Gasteiger partial charge in [0.2, 0.25) is 6.41 Å². The number of benzene rings is 1. The van der Waals surface area contributed by atoms with Crippen LogP contribution in [0.2, 0.25) is 0 Å². The van der Waals surface area contributed by atoms with Crippen LogP contribution in [0.4, 0.5) is 0 Å². The van der Waals surface area contributed by atoms with E-state index in [9.17, 15) is 14.7 Å². The summed E-state index contributed by atoms with van der Waals surface area (Å²) in [5.41, 5.74) is 0.528. The highest BCUT2D eigenvalue weighted by atomic mass is 79.9. The molecule has 0 aromatic heterocycles. The standard InChI is InChI=1S/C13H16BrNO4/c1-3-6-15(8-16)12(13(17)18)9-4-5-11(19-2)10(14)7-9/h4-5,7-8,12H,3,6H2,1-2H3,(H,17,18). The fourth-order valence-electron chi connectivity index (χ4n) is 1.83. The zero-order valence-corrected chi connectivity index (χ0v) is 12.4. The number of rotatable bonds is 7. The molecule has 0 aliphatic carbocycles. The number of halogens is 1. The fraction of sp³-hybridized carbons (Fsp3) is 0.385. The van der Waals surface area contributed by atoms with Crippen molar-refractivity contribution < 1.29 is 19.4 Å². The lowest BCUT2D eigenvalue weighted by molar-refractivity contribution is -0.146. The van der Waals surface area contributed by atoms with Crippen molar-refractivity contribution in [1.29, 1.82) is 0 Å². The summed E-state index contributed by atoms with van der Waals surface area (Å²) < 4.78 is 5.75. The normalized spacial score (nSPS) is 11.7. The number of hydrogen-bond donors (Lipinski definition) is 1. The predicted molar refractivity (Wildman–Crippen MR) is 74.1 cm³/mol. The van der Waals surface area contributed by atoms with Crippen molar-refractivity contribution in [1.82, 2.24) is 4.90 Å². The Morgan fingerprint density at radius 1 is 1.58 bits per heavy atom. The second-order valence-electron chi connectivity index (χ2n) is 3.98. The molecule has 0 fully saturated rings. The third-order valence-electron chi connectivity index (χ3n) is 2.67. The maximum absolute atomic E-state index is 11.4. The summed E-state index contributed by atoms with van der Waals surface area (Å²) in [5, 5.41) is 9.33. The molecule has 1 atom stereocenters. The molecule has 1 amide bonds. The molecule has 19 heavy (non-hydrogen) atoms. The molecule has 1 aromatic rings. The summed E-state index contributed by atoms with van der Waals surface area (Å²) in [7, 11) is 1.53. The van der Waals surface area contributed by atoms with Gasteiger partial charge in [0.15, 0.2) is 6.04 Å². The monoisotopic (exact) mass is 329 g/mol. The van der Waals surface area contributed by atoms with E-state index in [4.69, 9.17) is 4.74 Å². The third-order valence-corrected chi connectivity index (χ3v) is 3.29. The third kappa shape index (κ3) is 3.70. The summed E-state index contributed by atoms with van der Waals surface area (Å²) in [5.74, 6) is -0.446. The molecule has 1 unspecified atom stereocenters. The molecule has 1 aromatic carbocycles. The van der Waals surface area contributed by atoms with E-state index >= 15 is 0 Å². The number of hydrogen-bond acceptors (Lipinski definition) is 3. The number of carboxylic acids is 1. The topological polar surface area (TPSA) is 66.8 Å². The predicted octanol–water partition coefficient (Wildman–Crippen LogP) is 2.45. The van der Waals surface area contributed by atoms with Crippen molar-refractivity contribution in [2.75, 3.05) is 13.7 Å². The minimum atomic E-state index is -1.06. The van der Waals surface area contributed by atoms with E-state index in [0.717, 1.165) is 0 Å². The Morgan fingerprint density at radius 3 is 2.68 bits per heavy atom. The molecule has 0 aliphatic heterocycles. The Hall–Kier alpha value is -1.56. The first-order chi connectivity index (χ1) is 9.04. The van der Waals surface area contributed by atoms with Gasteiger partial charge < -0.3 is 14.7 Å². The molecule has 1 rings (SSSR count). The van der Waals surface area contributed by atoms with Crippen LogP contribution in [0, 0.1) is 0 Å². The Labute approximate surface area is 120 Å². The fourth-order valence-corrected chi connectivity index (χ4v) is 2.39. The molecule has 0 spiro atoms. The van der Waals surface area contributed by atoms with Crippen LogP contribution >= 0.6 is 15.9 Å². The number of amides is 1. The van der Waals surface area contributed by atoms with E-state index in [2.05, 4.69) is 15.9 Å². The SMILES string of the molecule is CCCN(C=O)C(C(=O)O)c1ccc(OC)c(Br)c1. The smallest absolute Gasteiger partial charge is 0.331 e. The van der Waals surface area contributed by atoms with Gasteiger partial charge in [-0.15, -0.1) is 0 Å². The molecule has 1 N–H and O–H groups in total. The zero-order chi connectivity index (χ0) is 14.4. The Kier molecular flexibility index (Phi) is 5.82. The number of carboxylic acid groups (broad SMARTS) is 1. The van der Waals surface area contributed by atoms with Crippen molar-refractivity contribution in [3.63, 3.8) is 0 Å². The van der Waals surface area contributed by atoms with E-state index in [-0.39, 0.29) is 0 Å². The van der Waals surface area contributed by atoms with E-state index in [1.807, 2.05) is 6.92 Å². The molecule has 0 heterocycles. The van der Waals surface area contributed by atoms with Crippen LogP contribution in [0.15, 0.2) is 22.7 Å². The van der Waals surface area contributed by atoms with Crippen LogP contribution in [0.3, 0.4) is 0 Å². The molecule has 104 valence electrons. The van der Waals surface area contributed by atoms with Crippen LogP contribution < -0.4 is 4.74 Å². The average Bonchev–Trinajstić information content (AvgIpc) is 2.38. The van der Waals surface area contributed by atoms with Gasteiger partial charge in [-0.05, 0) is 40.0 Å². The quantitative estimate of drug-likeness (QED) is 0.780. The molecule has 5 nitrogen and oxygen atoms in total. The number of nitrogens with zero attached hydrogens (tertiary/aromatic N) is 1. The van der Waals surface area contributed by atoms with Crippen LogP contribution in [0.5, 0.6) is 5.75 Å². The first-order valence-electron chi connectivity index (χ1n) is 5.82. The molecule has 0 radical (unpaired) electrons. The van der Waals surface area contributed by atoms with Gasteiger partial charge in [-0.2, -0.15) is 0 Å². The highest BCUT2D eigenvalue weighted by molar-refractivity contribution is 9.10. The molecular formula is C13H16BrNO4. The summed E-state index contributed by atoms with van der Waals surface area (Å²) >= 11 is 3.31. The average molecular weight is 330 g/mol. The van der Waals surface area contributed by atoms with Gasteiger partial charge in [-0.25, -0.2) is 4.79 Å². The first kappa shape index (κ1) is 15.5. The minimum Gasteiger partial charge on any atom is -0.496 e. The van der Waals surface area contributed by atoms with Crippen molar-refractivity contribution in [3.05, 3.63) is 28.2 Å². The van der Waals surface area contributed by atoms with Crippen molar-refractivity contribution >= 4 is 28.3 Å². The second-order valence-corrected chi connectivity index (χ2v) is 4.83. The van der Waals surface area contributed by atoms with Crippen molar-refractivity contribution in [2.45, 2.75) is 19.4 Å². The largest absolute Gasteiger partial charge is 0.496 e. The minimum absolute atomic E-state index is 0.393. The molecule has 0 saturated heterocycles. The van der Waals surface area contributed by atoms with Gasteiger partial charge in [-0.1, -0.05) is 13.0 Å². The van der Waals surface area contributed by atoms with Gasteiger partial charge in [0.05, 0.1) is 11.6 Å². The maximum atomic E-state index is 11.4. The van der Waals surface area contributed by atoms with Crippen LogP contribution in [-0.4, -0.2) is 36.0 Å². The van der Waals surface area contributed by atoms with E-state index in [1.54, 1.807) is 18.2 Å². The summed E-state index contributed by atoms with van der Waals surface area (Å²) in [6.07, 6.45) is 1.26. The summed E-state index contributed by atoms with van der Waals surface area (Å²) in [6.45, 7) is 2.28. The highest BCUT2D eigenvalue weighted by Gasteiger charge is 2.26. The van der Waals surface area contributed by atoms with Gasteiger partial charge in [0, 0.05) is 6.54 Å². The molecule has 0 bridgehead atoms. The van der Waals surface area contributed by atoms with Gasteiger partial charge in [0.1, 0.15) is 5.75 Å². The molecule has 0 aliphatic rings. The maximum Gasteiger partial charge on any atom is 0.331 e. The Morgan fingerprint density at radius 2 is 2.26 bits per heavy atom. The number of carbonyl (C=O) groups excluding carboxylic acids is 1. The number of aliphatic carboxylic acids is 1. The summed E-state index contributed by atoms with van der Waals surface area (Å²) in [4.78, 5) is 23.7. The van der Waals surface area contributed by atoms with Gasteiger partial charge >= 0.3 is 5.97 Å². The van der Waals surface area contributed by atoms with E-state index < -0.39 is 12.0 Å². The summed E-state index contributed by atoms with van der Waals surface area (Å²) in [6, 6.07) is 3.99. The first-order valence-corrected chi connectivity index (χ1v) is 6.61. The van der Waals surface area contributed by atoms with Crippen LogP contribution in [-0.2, 0) is 9.59 Å². The lowest BCUT2D eigenvalue weighted by Crippen LogP contribution is -2.33. The Bertz CT molecular complexity index is 464. The number of ether oxygens (including phenoxy) is 1. The number of methoxy groups -OCH3 is 1. The van der Waals surface area contributed by atoms with Gasteiger partial charge in [0.25, 0.3) is 0 Å². The van der Waals surface area contributed by atoms with E-state index in [1.165, 1.54) is 12.0 Å². The second kappa shape index (κ2) is 7.13. The van der Waals surface area contributed by atoms with Crippen LogP contribution in [0.25, 0.3) is 0 Å². The lowest BCUT2D eigenvalue weighted by Gasteiger charge is -2.25. The van der Waals surface area contributed by atoms with Crippen molar-refractivity contribution in [2.24, 2.45) is 0 Å². The highest BCUT2D eigenvalue weighted by Crippen LogP contribution is 2.30. The van der Waals surface area contributed by atoms with Crippen LogP contribution in [0.1, 0.15) is 24.9 Å². The Balaban J connectivity index is 3.15. The van der Waals surface area contributed by atoms with Gasteiger partial charge in [-0.3, -0.25) is 4.79 Å².